The molecule has 1 aliphatic heterocycles. The first-order valence-electron chi connectivity index (χ1n) is 9.48. The minimum Gasteiger partial charge on any atom is -0.348 e. The van der Waals surface area contributed by atoms with Gasteiger partial charge in [0.1, 0.15) is 11.3 Å². The van der Waals surface area contributed by atoms with Crippen LogP contribution in [-0.4, -0.2) is 29.9 Å². The highest BCUT2D eigenvalue weighted by atomic mass is 32.1. The van der Waals surface area contributed by atoms with Crippen molar-refractivity contribution in [2.45, 2.75) is 19.8 Å². The lowest BCUT2D eigenvalue weighted by Crippen LogP contribution is -2.38. The summed E-state index contributed by atoms with van der Waals surface area (Å²) in [5, 5.41) is 6.44. The second kappa shape index (κ2) is 8.16. The molecule has 2 heterocycles. The van der Waals surface area contributed by atoms with Crippen LogP contribution in [0.4, 0.5) is 20.9 Å². The van der Waals surface area contributed by atoms with Crippen LogP contribution < -0.4 is 15.5 Å². The lowest BCUT2D eigenvalue weighted by Gasteiger charge is -2.31. The van der Waals surface area contributed by atoms with E-state index in [0.29, 0.717) is 42.8 Å². The number of hydrogen-bond donors (Lipinski definition) is 2. The molecule has 29 heavy (non-hydrogen) atoms. The number of carbonyl (C=O) groups is 2. The topological polar surface area (TPSA) is 74.3 Å². The molecular weight excluding hydrogens is 391 g/mol. The van der Waals surface area contributed by atoms with Gasteiger partial charge in [-0.3, -0.25) is 9.59 Å². The van der Waals surface area contributed by atoms with Crippen LogP contribution in [-0.2, 0) is 9.59 Å². The highest BCUT2D eigenvalue weighted by Crippen LogP contribution is 2.32. The molecule has 0 radical (unpaired) electrons. The normalized spacial score (nSPS) is 14.8. The van der Waals surface area contributed by atoms with Crippen molar-refractivity contribution < 1.29 is 14.0 Å². The smallest absolute Gasteiger partial charge is 0.227 e. The molecule has 1 saturated heterocycles. The lowest BCUT2D eigenvalue weighted by atomic mass is 9.96. The summed E-state index contributed by atoms with van der Waals surface area (Å²) in [7, 11) is 0. The van der Waals surface area contributed by atoms with Crippen molar-refractivity contribution in [3.8, 4) is 0 Å². The molecule has 0 unspecified atom stereocenters. The third-order valence-electron chi connectivity index (χ3n) is 4.97. The van der Waals surface area contributed by atoms with Gasteiger partial charge in [-0.25, -0.2) is 9.37 Å². The summed E-state index contributed by atoms with van der Waals surface area (Å²) in [6.45, 7) is 2.87. The van der Waals surface area contributed by atoms with Gasteiger partial charge in [0.25, 0.3) is 0 Å². The SMILES string of the molecule is CC(=O)Nc1ccc(NC(=O)C2CCN(c3nc4c(F)cccc4s3)CC2)cc1. The lowest BCUT2D eigenvalue weighted by molar-refractivity contribution is -0.120. The Morgan fingerprint density at radius 3 is 2.34 bits per heavy atom. The Bertz CT molecular complexity index is 1040. The monoisotopic (exact) mass is 412 g/mol. The number of hydrogen-bond acceptors (Lipinski definition) is 5. The molecule has 0 aliphatic carbocycles. The predicted octanol–water partition coefficient (Wildman–Crippen LogP) is 4.25. The number of nitrogens with zero attached hydrogens (tertiary/aromatic N) is 2. The Morgan fingerprint density at radius 2 is 1.72 bits per heavy atom. The van der Waals surface area contributed by atoms with Crippen molar-refractivity contribution in [1.29, 1.82) is 0 Å². The van der Waals surface area contributed by atoms with E-state index in [-0.39, 0.29) is 23.5 Å². The number of halogens is 1. The largest absolute Gasteiger partial charge is 0.348 e. The second-order valence-corrected chi connectivity index (χ2v) is 8.10. The maximum Gasteiger partial charge on any atom is 0.227 e. The molecule has 6 nitrogen and oxygen atoms in total. The summed E-state index contributed by atoms with van der Waals surface area (Å²) in [4.78, 5) is 30.2. The van der Waals surface area contributed by atoms with Crippen LogP contribution in [0.15, 0.2) is 42.5 Å². The maximum absolute atomic E-state index is 13.9. The van der Waals surface area contributed by atoms with E-state index in [9.17, 15) is 14.0 Å². The van der Waals surface area contributed by atoms with Crippen LogP contribution >= 0.6 is 11.3 Å². The summed E-state index contributed by atoms with van der Waals surface area (Å²) >= 11 is 1.48. The van der Waals surface area contributed by atoms with E-state index < -0.39 is 0 Å². The van der Waals surface area contributed by atoms with E-state index >= 15 is 0 Å². The van der Waals surface area contributed by atoms with E-state index in [1.54, 1.807) is 30.3 Å². The molecule has 1 aromatic heterocycles. The summed E-state index contributed by atoms with van der Waals surface area (Å²) in [5.74, 6) is -0.521. The molecule has 1 aliphatic rings. The zero-order valence-electron chi connectivity index (χ0n) is 15.9. The number of piperidine rings is 1. The molecule has 2 N–H and O–H groups in total. The van der Waals surface area contributed by atoms with E-state index in [2.05, 4.69) is 20.5 Å². The molecule has 2 amide bonds. The van der Waals surface area contributed by atoms with Gasteiger partial charge in [-0.15, -0.1) is 0 Å². The number of rotatable bonds is 4. The molecule has 8 heteroatoms. The highest BCUT2D eigenvalue weighted by molar-refractivity contribution is 7.22. The second-order valence-electron chi connectivity index (χ2n) is 7.09. The molecule has 0 saturated carbocycles. The van der Waals surface area contributed by atoms with Crippen molar-refractivity contribution in [3.05, 3.63) is 48.3 Å². The Morgan fingerprint density at radius 1 is 1.07 bits per heavy atom. The van der Waals surface area contributed by atoms with Crippen molar-refractivity contribution in [1.82, 2.24) is 4.98 Å². The van der Waals surface area contributed by atoms with E-state index in [0.717, 1.165) is 9.83 Å². The summed E-state index contributed by atoms with van der Waals surface area (Å²) in [6, 6.07) is 12.0. The number of carbonyl (C=O) groups excluding carboxylic acids is 2. The third kappa shape index (κ3) is 4.37. The maximum atomic E-state index is 13.9. The first kappa shape index (κ1) is 19.3. The predicted molar refractivity (Wildman–Crippen MR) is 114 cm³/mol. The average Bonchev–Trinajstić information content (AvgIpc) is 3.15. The number of nitrogens with one attached hydrogen (secondary N) is 2. The third-order valence-corrected chi connectivity index (χ3v) is 6.05. The molecule has 2 aromatic carbocycles. The van der Waals surface area contributed by atoms with Crippen LogP contribution in [0.5, 0.6) is 0 Å². The Labute approximate surface area is 171 Å². The Kier molecular flexibility index (Phi) is 5.44. The summed E-state index contributed by atoms with van der Waals surface area (Å²) < 4.78 is 14.7. The first-order chi connectivity index (χ1) is 14.0. The number of aromatic nitrogens is 1. The molecule has 0 bridgehead atoms. The van der Waals surface area contributed by atoms with Crippen molar-refractivity contribution in [2.75, 3.05) is 28.6 Å². The zero-order valence-corrected chi connectivity index (χ0v) is 16.8. The van der Waals surface area contributed by atoms with Gasteiger partial charge < -0.3 is 15.5 Å². The van der Waals surface area contributed by atoms with Crippen molar-refractivity contribution >= 4 is 49.9 Å². The van der Waals surface area contributed by atoms with Gasteiger partial charge in [0, 0.05) is 37.3 Å². The number of benzene rings is 2. The Balaban J connectivity index is 1.34. The zero-order chi connectivity index (χ0) is 20.4. The fraction of sp³-hybridized carbons (Fsp3) is 0.286. The van der Waals surface area contributed by atoms with E-state index in [1.165, 1.54) is 24.3 Å². The van der Waals surface area contributed by atoms with Crippen LogP contribution in [0, 0.1) is 11.7 Å². The molecular formula is C21H21FN4O2S. The van der Waals surface area contributed by atoms with Gasteiger partial charge >= 0.3 is 0 Å². The van der Waals surface area contributed by atoms with Crippen molar-refractivity contribution in [2.24, 2.45) is 5.92 Å². The summed E-state index contributed by atoms with van der Waals surface area (Å²) in [6.07, 6.45) is 1.43. The number of anilines is 3. The van der Waals surface area contributed by atoms with E-state index in [1.807, 2.05) is 6.07 Å². The Hall–Kier alpha value is -3.00. The van der Waals surface area contributed by atoms with E-state index in [4.69, 9.17) is 0 Å². The highest BCUT2D eigenvalue weighted by Gasteiger charge is 2.26. The van der Waals surface area contributed by atoms with Gasteiger partial charge in [-0.2, -0.15) is 0 Å². The average molecular weight is 412 g/mol. The fourth-order valence-corrected chi connectivity index (χ4v) is 4.49. The number of amides is 2. The summed E-state index contributed by atoms with van der Waals surface area (Å²) in [5.41, 5.74) is 1.80. The standard InChI is InChI=1S/C21H21FN4O2S/c1-13(27)23-15-5-7-16(8-6-15)24-20(28)14-9-11-26(12-10-14)21-25-19-17(22)3-2-4-18(19)29-21/h2-8,14H,9-12H2,1H3,(H,23,27)(H,24,28). The van der Waals surface area contributed by atoms with Gasteiger partial charge in [-0.1, -0.05) is 17.4 Å². The van der Waals surface area contributed by atoms with Gasteiger partial charge in [0.05, 0.1) is 4.70 Å². The number of para-hydroxylation sites is 1. The quantitative estimate of drug-likeness (QED) is 0.672. The van der Waals surface area contributed by atoms with Crippen LogP contribution in [0.3, 0.4) is 0 Å². The van der Waals surface area contributed by atoms with Gasteiger partial charge in [0.15, 0.2) is 5.13 Å². The van der Waals surface area contributed by atoms with Gasteiger partial charge in [0.2, 0.25) is 11.8 Å². The van der Waals surface area contributed by atoms with Gasteiger partial charge in [-0.05, 0) is 49.2 Å². The van der Waals surface area contributed by atoms with Crippen molar-refractivity contribution in [3.63, 3.8) is 0 Å². The number of fused-ring (bicyclic) bond motifs is 1. The number of thiazole rings is 1. The molecule has 3 aromatic rings. The molecule has 0 spiro atoms. The minimum absolute atomic E-state index is 0.00716. The van der Waals surface area contributed by atoms with Crippen LogP contribution in [0.1, 0.15) is 19.8 Å². The fourth-order valence-electron chi connectivity index (χ4n) is 3.46. The van der Waals surface area contributed by atoms with Crippen LogP contribution in [0.25, 0.3) is 10.2 Å². The molecule has 0 atom stereocenters. The molecule has 1 fully saturated rings. The first-order valence-corrected chi connectivity index (χ1v) is 10.3. The molecule has 4 rings (SSSR count). The minimum atomic E-state index is -0.302. The molecule has 150 valence electrons. The van der Waals surface area contributed by atoms with Crippen LogP contribution in [0.2, 0.25) is 0 Å².